The zero-order valence-corrected chi connectivity index (χ0v) is 8.07. The van der Waals surface area contributed by atoms with Gasteiger partial charge in [0.15, 0.2) is 0 Å². The number of hydrogen-bond donors (Lipinski definition) is 2. The SMILES string of the molecule is CCn1nc2c(O)cccc2c1CN. The smallest absolute Gasteiger partial charge is 0.143 e. The van der Waals surface area contributed by atoms with E-state index in [9.17, 15) is 5.11 Å². The van der Waals surface area contributed by atoms with Crippen molar-refractivity contribution in [3.63, 3.8) is 0 Å². The van der Waals surface area contributed by atoms with E-state index in [1.165, 1.54) is 0 Å². The number of nitrogens with zero attached hydrogens (tertiary/aromatic N) is 2. The number of nitrogens with two attached hydrogens (primary N) is 1. The molecule has 4 heteroatoms. The van der Waals surface area contributed by atoms with Crippen LogP contribution in [0.2, 0.25) is 0 Å². The highest BCUT2D eigenvalue weighted by atomic mass is 16.3. The molecule has 0 amide bonds. The van der Waals surface area contributed by atoms with Gasteiger partial charge in [0.2, 0.25) is 0 Å². The summed E-state index contributed by atoms with van der Waals surface area (Å²) in [5, 5.41) is 14.8. The highest BCUT2D eigenvalue weighted by molar-refractivity contribution is 5.86. The maximum atomic E-state index is 9.58. The molecule has 3 N–H and O–H groups in total. The van der Waals surface area contributed by atoms with Crippen LogP contribution in [0.4, 0.5) is 0 Å². The van der Waals surface area contributed by atoms with Gasteiger partial charge >= 0.3 is 0 Å². The van der Waals surface area contributed by atoms with E-state index in [-0.39, 0.29) is 5.75 Å². The number of benzene rings is 1. The molecule has 0 aliphatic rings. The standard InChI is InChI=1S/C10H13N3O/c1-2-13-8(6-11)7-4-3-5-9(14)10(7)12-13/h3-5,14H,2,6,11H2,1H3. The first-order chi connectivity index (χ1) is 6.77. The molecule has 2 rings (SSSR count). The normalized spacial score (nSPS) is 11.0. The van der Waals surface area contributed by atoms with E-state index < -0.39 is 0 Å². The Kier molecular flexibility index (Phi) is 2.13. The first-order valence-electron chi connectivity index (χ1n) is 4.65. The Bertz CT molecular complexity index is 462. The molecule has 74 valence electrons. The van der Waals surface area contributed by atoms with Crippen LogP contribution in [0.25, 0.3) is 10.9 Å². The monoisotopic (exact) mass is 191 g/mol. The van der Waals surface area contributed by atoms with Gasteiger partial charge in [-0.25, -0.2) is 0 Å². The minimum atomic E-state index is 0.212. The lowest BCUT2D eigenvalue weighted by molar-refractivity contribution is 0.479. The number of aromatic nitrogens is 2. The van der Waals surface area contributed by atoms with Crippen LogP contribution in [0, 0.1) is 0 Å². The van der Waals surface area contributed by atoms with Crippen molar-refractivity contribution in [2.24, 2.45) is 5.73 Å². The summed E-state index contributed by atoms with van der Waals surface area (Å²) >= 11 is 0. The Morgan fingerprint density at radius 2 is 2.29 bits per heavy atom. The Morgan fingerprint density at radius 3 is 2.93 bits per heavy atom. The summed E-state index contributed by atoms with van der Waals surface area (Å²) in [7, 11) is 0. The fourth-order valence-corrected chi connectivity index (χ4v) is 1.67. The van der Waals surface area contributed by atoms with Gasteiger partial charge in [0.05, 0.1) is 5.69 Å². The predicted octanol–water partition coefficient (Wildman–Crippen LogP) is 1.22. The van der Waals surface area contributed by atoms with E-state index in [0.29, 0.717) is 12.1 Å². The van der Waals surface area contributed by atoms with E-state index in [1.54, 1.807) is 12.1 Å². The second-order valence-corrected chi connectivity index (χ2v) is 3.14. The fourth-order valence-electron chi connectivity index (χ4n) is 1.67. The van der Waals surface area contributed by atoms with Crippen LogP contribution in [-0.2, 0) is 13.1 Å². The lowest BCUT2D eigenvalue weighted by Crippen LogP contribution is -2.07. The maximum Gasteiger partial charge on any atom is 0.143 e. The summed E-state index contributed by atoms with van der Waals surface area (Å²) in [4.78, 5) is 0. The summed E-state index contributed by atoms with van der Waals surface area (Å²) in [6, 6.07) is 5.37. The molecular formula is C10H13N3O. The van der Waals surface area contributed by atoms with Crippen molar-refractivity contribution in [2.45, 2.75) is 20.0 Å². The molecule has 0 bridgehead atoms. The van der Waals surface area contributed by atoms with Gasteiger partial charge in [-0.1, -0.05) is 12.1 Å². The van der Waals surface area contributed by atoms with Crippen molar-refractivity contribution in [3.05, 3.63) is 23.9 Å². The molecule has 0 saturated carbocycles. The van der Waals surface area contributed by atoms with Gasteiger partial charge in [-0.05, 0) is 13.0 Å². The molecule has 1 heterocycles. The molecule has 1 aromatic carbocycles. The van der Waals surface area contributed by atoms with Crippen molar-refractivity contribution in [1.82, 2.24) is 9.78 Å². The van der Waals surface area contributed by atoms with Gasteiger partial charge < -0.3 is 10.8 Å². The maximum absolute atomic E-state index is 9.58. The number of phenolic OH excluding ortho intramolecular Hbond substituents is 1. The Morgan fingerprint density at radius 1 is 1.50 bits per heavy atom. The highest BCUT2D eigenvalue weighted by Gasteiger charge is 2.10. The van der Waals surface area contributed by atoms with Gasteiger partial charge in [-0.2, -0.15) is 5.10 Å². The van der Waals surface area contributed by atoms with Crippen LogP contribution >= 0.6 is 0 Å². The average molecular weight is 191 g/mol. The van der Waals surface area contributed by atoms with Crippen LogP contribution in [0.1, 0.15) is 12.6 Å². The zero-order valence-electron chi connectivity index (χ0n) is 8.07. The predicted molar refractivity (Wildman–Crippen MR) is 55.0 cm³/mol. The minimum absolute atomic E-state index is 0.212. The van der Waals surface area contributed by atoms with Crippen LogP contribution in [0.15, 0.2) is 18.2 Å². The molecular weight excluding hydrogens is 178 g/mol. The first-order valence-corrected chi connectivity index (χ1v) is 4.65. The van der Waals surface area contributed by atoms with E-state index in [0.717, 1.165) is 17.6 Å². The van der Waals surface area contributed by atoms with Gasteiger partial charge in [0, 0.05) is 18.5 Å². The second-order valence-electron chi connectivity index (χ2n) is 3.14. The van der Waals surface area contributed by atoms with Crippen LogP contribution in [0.5, 0.6) is 5.75 Å². The molecule has 0 radical (unpaired) electrons. The van der Waals surface area contributed by atoms with E-state index in [2.05, 4.69) is 5.10 Å². The molecule has 2 aromatic rings. The van der Waals surface area contributed by atoms with Crippen LogP contribution in [-0.4, -0.2) is 14.9 Å². The molecule has 0 unspecified atom stereocenters. The van der Waals surface area contributed by atoms with Crippen LogP contribution in [0.3, 0.4) is 0 Å². The van der Waals surface area contributed by atoms with Crippen molar-refractivity contribution in [2.75, 3.05) is 0 Å². The number of aromatic hydroxyl groups is 1. The van der Waals surface area contributed by atoms with E-state index >= 15 is 0 Å². The Labute approximate surface area is 81.9 Å². The lowest BCUT2D eigenvalue weighted by atomic mass is 10.2. The molecule has 1 aromatic heterocycles. The summed E-state index contributed by atoms with van der Waals surface area (Å²) in [6.45, 7) is 3.20. The largest absolute Gasteiger partial charge is 0.506 e. The van der Waals surface area contributed by atoms with Crippen molar-refractivity contribution in [1.29, 1.82) is 0 Å². The summed E-state index contributed by atoms with van der Waals surface area (Å²) in [6.07, 6.45) is 0. The lowest BCUT2D eigenvalue weighted by Gasteiger charge is -2.00. The fraction of sp³-hybridized carbons (Fsp3) is 0.300. The van der Waals surface area contributed by atoms with Gasteiger partial charge in [0.1, 0.15) is 11.3 Å². The first kappa shape index (κ1) is 9.02. The van der Waals surface area contributed by atoms with E-state index in [4.69, 9.17) is 5.73 Å². The Hall–Kier alpha value is -1.55. The average Bonchev–Trinajstić information content (AvgIpc) is 2.57. The second kappa shape index (κ2) is 3.31. The Balaban J connectivity index is 2.79. The number of aryl methyl sites for hydroxylation is 1. The third-order valence-electron chi connectivity index (χ3n) is 2.35. The number of fused-ring (bicyclic) bond motifs is 1. The van der Waals surface area contributed by atoms with Crippen molar-refractivity contribution >= 4 is 10.9 Å². The topological polar surface area (TPSA) is 64.1 Å². The summed E-state index contributed by atoms with van der Waals surface area (Å²) in [5.41, 5.74) is 7.25. The van der Waals surface area contributed by atoms with Gasteiger partial charge in [-0.15, -0.1) is 0 Å². The summed E-state index contributed by atoms with van der Waals surface area (Å²) in [5.74, 6) is 0.212. The molecule has 0 saturated heterocycles. The number of hydrogen-bond acceptors (Lipinski definition) is 3. The molecule has 0 spiro atoms. The molecule has 0 aliphatic carbocycles. The van der Waals surface area contributed by atoms with Gasteiger partial charge in [0.25, 0.3) is 0 Å². The van der Waals surface area contributed by atoms with Gasteiger partial charge in [-0.3, -0.25) is 4.68 Å². The van der Waals surface area contributed by atoms with E-state index in [1.807, 2.05) is 17.7 Å². The zero-order chi connectivity index (χ0) is 10.1. The summed E-state index contributed by atoms with van der Waals surface area (Å²) < 4.78 is 1.82. The molecule has 0 aliphatic heterocycles. The van der Waals surface area contributed by atoms with Crippen molar-refractivity contribution < 1.29 is 5.11 Å². The molecule has 4 nitrogen and oxygen atoms in total. The third-order valence-corrected chi connectivity index (χ3v) is 2.35. The highest BCUT2D eigenvalue weighted by Crippen LogP contribution is 2.25. The quantitative estimate of drug-likeness (QED) is 0.750. The molecule has 14 heavy (non-hydrogen) atoms. The molecule has 0 atom stereocenters. The van der Waals surface area contributed by atoms with Crippen molar-refractivity contribution in [3.8, 4) is 5.75 Å². The third kappa shape index (κ3) is 1.15. The van der Waals surface area contributed by atoms with Crippen LogP contribution < -0.4 is 5.73 Å². The number of rotatable bonds is 2. The number of phenols is 1. The molecule has 0 fully saturated rings. The minimum Gasteiger partial charge on any atom is -0.506 e.